The molecule has 7 nitrogen and oxygen atoms in total. The van der Waals surface area contributed by atoms with Gasteiger partial charge >= 0.3 is 17.8 Å². The summed E-state index contributed by atoms with van der Waals surface area (Å²) < 4.78 is 13.4. The van der Waals surface area contributed by atoms with Crippen molar-refractivity contribution in [1.82, 2.24) is 14.7 Å². The Morgan fingerprint density at radius 3 is 2.50 bits per heavy atom. The summed E-state index contributed by atoms with van der Waals surface area (Å²) in [6.45, 7) is 1.75. The van der Waals surface area contributed by atoms with Crippen molar-refractivity contribution >= 4 is 23.8 Å². The number of hydrogen-bond acceptors (Lipinski definition) is 4. The van der Waals surface area contributed by atoms with Crippen LogP contribution < -0.4 is 0 Å². The molecule has 0 N–H and O–H groups in total. The summed E-state index contributed by atoms with van der Waals surface area (Å²) in [5.41, 5.74) is 0.606. The summed E-state index contributed by atoms with van der Waals surface area (Å²) in [5, 5.41) is 0. The van der Waals surface area contributed by atoms with E-state index in [-0.39, 0.29) is 12.6 Å². The summed E-state index contributed by atoms with van der Waals surface area (Å²) in [6, 6.07) is 4.91. The first-order chi connectivity index (χ1) is 13.4. The molecule has 1 aliphatic carbocycles. The predicted molar refractivity (Wildman–Crippen MR) is 98.3 cm³/mol. The van der Waals surface area contributed by atoms with Gasteiger partial charge in [0.15, 0.2) is 0 Å². The second kappa shape index (κ2) is 8.50. The standard InChI is InChI=1S/C20H24FN3O4/c1-2-22(12-14-7-6-8-15(21)11-14)17(25)13-23-18(26)19(27)24(20(23)28)16-9-4-3-5-10-16/h6-8,11,16H,2-5,9-10,12-13H2,1H3. The van der Waals surface area contributed by atoms with Gasteiger partial charge in [0, 0.05) is 19.1 Å². The van der Waals surface area contributed by atoms with Crippen molar-refractivity contribution < 1.29 is 23.6 Å². The van der Waals surface area contributed by atoms with Crippen molar-refractivity contribution in [2.24, 2.45) is 0 Å². The number of urea groups is 1. The Bertz CT molecular complexity index is 791. The quantitative estimate of drug-likeness (QED) is 0.553. The van der Waals surface area contributed by atoms with Gasteiger partial charge in [-0.1, -0.05) is 31.4 Å². The maximum absolute atomic E-state index is 13.4. The number of carbonyl (C=O) groups is 4. The minimum absolute atomic E-state index is 0.156. The number of nitrogens with zero attached hydrogens (tertiary/aromatic N) is 3. The molecule has 5 amide bonds. The minimum atomic E-state index is -0.953. The lowest BCUT2D eigenvalue weighted by Gasteiger charge is -2.29. The van der Waals surface area contributed by atoms with Crippen LogP contribution in [0, 0.1) is 5.82 Å². The topological polar surface area (TPSA) is 78.0 Å². The third-order valence-corrected chi connectivity index (χ3v) is 5.31. The fourth-order valence-electron chi connectivity index (χ4n) is 3.79. The maximum atomic E-state index is 13.4. The van der Waals surface area contributed by atoms with Crippen molar-refractivity contribution in [3.05, 3.63) is 35.6 Å². The molecule has 2 aliphatic rings. The number of amides is 5. The van der Waals surface area contributed by atoms with Gasteiger partial charge in [0.05, 0.1) is 0 Å². The molecule has 1 saturated heterocycles. The molecule has 0 aromatic heterocycles. The van der Waals surface area contributed by atoms with E-state index in [9.17, 15) is 23.6 Å². The molecule has 8 heteroatoms. The SMILES string of the molecule is CCN(Cc1cccc(F)c1)C(=O)CN1C(=O)C(=O)N(C2CCCCC2)C1=O. The molecule has 1 aromatic rings. The normalized spacial score (nSPS) is 18.1. The molecule has 0 spiro atoms. The summed E-state index contributed by atoms with van der Waals surface area (Å²) in [7, 11) is 0. The van der Waals surface area contributed by atoms with E-state index in [1.807, 2.05) is 0 Å². The number of likely N-dealkylation sites (N-methyl/N-ethyl adjacent to an activating group) is 1. The first kappa shape index (κ1) is 20.0. The second-order valence-electron chi connectivity index (χ2n) is 7.18. The lowest BCUT2D eigenvalue weighted by molar-refractivity contribution is -0.145. The van der Waals surface area contributed by atoms with E-state index in [0.29, 0.717) is 24.9 Å². The smallest absolute Gasteiger partial charge is 0.334 e. The van der Waals surface area contributed by atoms with Gasteiger partial charge in [-0.15, -0.1) is 0 Å². The Labute approximate surface area is 163 Å². The summed E-state index contributed by atoms with van der Waals surface area (Å²) in [4.78, 5) is 53.1. The first-order valence-electron chi connectivity index (χ1n) is 9.63. The predicted octanol–water partition coefficient (Wildman–Crippen LogP) is 2.30. The average Bonchev–Trinajstić information content (AvgIpc) is 2.90. The molecule has 1 aromatic carbocycles. The first-order valence-corrected chi connectivity index (χ1v) is 9.63. The zero-order chi connectivity index (χ0) is 20.3. The molecule has 2 fully saturated rings. The Hall–Kier alpha value is -2.77. The van der Waals surface area contributed by atoms with Crippen LogP contribution in [-0.4, -0.2) is 57.6 Å². The van der Waals surface area contributed by atoms with E-state index < -0.39 is 36.1 Å². The van der Waals surface area contributed by atoms with Gasteiger partial charge in [0.2, 0.25) is 5.91 Å². The van der Waals surface area contributed by atoms with Gasteiger partial charge in [-0.3, -0.25) is 19.3 Å². The molecule has 0 bridgehead atoms. The second-order valence-corrected chi connectivity index (χ2v) is 7.18. The third-order valence-electron chi connectivity index (χ3n) is 5.31. The van der Waals surface area contributed by atoms with E-state index >= 15 is 0 Å². The van der Waals surface area contributed by atoms with Crippen molar-refractivity contribution in [2.75, 3.05) is 13.1 Å². The molecule has 1 heterocycles. The number of imide groups is 2. The number of halogens is 1. The molecule has 0 radical (unpaired) electrons. The summed E-state index contributed by atoms with van der Waals surface area (Å²) in [5.74, 6) is -2.67. The van der Waals surface area contributed by atoms with Gasteiger partial charge in [-0.2, -0.15) is 0 Å². The average molecular weight is 389 g/mol. The third kappa shape index (κ3) is 4.05. The van der Waals surface area contributed by atoms with Gasteiger partial charge in [-0.05, 0) is 37.5 Å². The Balaban J connectivity index is 1.68. The maximum Gasteiger partial charge on any atom is 0.334 e. The summed E-state index contributed by atoms with van der Waals surface area (Å²) in [6.07, 6.45) is 4.24. The molecule has 3 rings (SSSR count). The number of benzene rings is 1. The number of hydrogen-bond donors (Lipinski definition) is 0. The fraction of sp³-hybridized carbons (Fsp3) is 0.500. The Morgan fingerprint density at radius 1 is 1.14 bits per heavy atom. The van der Waals surface area contributed by atoms with Crippen LogP contribution in [0.15, 0.2) is 24.3 Å². The monoisotopic (exact) mass is 389 g/mol. The van der Waals surface area contributed by atoms with Crippen LogP contribution in [0.2, 0.25) is 0 Å². The van der Waals surface area contributed by atoms with E-state index in [1.165, 1.54) is 17.0 Å². The molecule has 0 atom stereocenters. The minimum Gasteiger partial charge on any atom is -0.337 e. The van der Waals surface area contributed by atoms with Crippen molar-refractivity contribution in [1.29, 1.82) is 0 Å². The molecular weight excluding hydrogens is 365 g/mol. The molecule has 1 aliphatic heterocycles. The number of rotatable bonds is 6. The van der Waals surface area contributed by atoms with E-state index in [4.69, 9.17) is 0 Å². The zero-order valence-corrected chi connectivity index (χ0v) is 15.9. The summed E-state index contributed by atoms with van der Waals surface area (Å²) >= 11 is 0. The van der Waals surface area contributed by atoms with E-state index in [1.54, 1.807) is 19.1 Å². The van der Waals surface area contributed by atoms with Crippen LogP contribution in [0.4, 0.5) is 9.18 Å². The highest BCUT2D eigenvalue weighted by molar-refractivity contribution is 6.45. The number of carbonyl (C=O) groups excluding carboxylic acids is 4. The fourth-order valence-corrected chi connectivity index (χ4v) is 3.79. The van der Waals surface area contributed by atoms with Crippen LogP contribution >= 0.6 is 0 Å². The lowest BCUT2D eigenvalue weighted by atomic mass is 9.94. The van der Waals surface area contributed by atoms with Crippen molar-refractivity contribution in [3.63, 3.8) is 0 Å². The Kier molecular flexibility index (Phi) is 6.06. The highest BCUT2D eigenvalue weighted by Gasteiger charge is 2.48. The zero-order valence-electron chi connectivity index (χ0n) is 15.9. The van der Waals surface area contributed by atoms with Gasteiger partial charge < -0.3 is 4.90 Å². The van der Waals surface area contributed by atoms with Crippen molar-refractivity contribution in [2.45, 2.75) is 51.6 Å². The van der Waals surface area contributed by atoms with Crippen LogP contribution in [0.25, 0.3) is 0 Å². The van der Waals surface area contributed by atoms with E-state index in [0.717, 1.165) is 29.1 Å². The van der Waals surface area contributed by atoms with Gasteiger partial charge in [0.25, 0.3) is 0 Å². The molecule has 150 valence electrons. The highest BCUT2D eigenvalue weighted by atomic mass is 19.1. The van der Waals surface area contributed by atoms with Gasteiger partial charge in [-0.25, -0.2) is 14.1 Å². The molecule has 28 heavy (non-hydrogen) atoms. The van der Waals surface area contributed by atoms with Crippen LogP contribution in [0.5, 0.6) is 0 Å². The Morgan fingerprint density at radius 2 is 1.86 bits per heavy atom. The van der Waals surface area contributed by atoms with Crippen LogP contribution in [0.1, 0.15) is 44.6 Å². The van der Waals surface area contributed by atoms with Crippen LogP contribution in [0.3, 0.4) is 0 Å². The van der Waals surface area contributed by atoms with Gasteiger partial charge in [0.1, 0.15) is 12.4 Å². The molecule has 1 saturated carbocycles. The van der Waals surface area contributed by atoms with E-state index in [2.05, 4.69) is 0 Å². The largest absolute Gasteiger partial charge is 0.337 e. The van der Waals surface area contributed by atoms with Crippen LogP contribution in [-0.2, 0) is 20.9 Å². The molecular formula is C20H24FN3O4. The lowest BCUT2D eigenvalue weighted by Crippen LogP contribution is -2.45. The molecule has 0 unspecified atom stereocenters. The highest BCUT2D eigenvalue weighted by Crippen LogP contribution is 2.27. The van der Waals surface area contributed by atoms with Crippen molar-refractivity contribution in [3.8, 4) is 0 Å².